The van der Waals surface area contributed by atoms with Crippen molar-refractivity contribution in [2.45, 2.75) is 45.8 Å². The topological polar surface area (TPSA) is 50.8 Å². The average Bonchev–Trinajstić information content (AvgIpc) is 2.49. The van der Waals surface area contributed by atoms with Crippen molar-refractivity contribution in [2.24, 2.45) is 0 Å². The summed E-state index contributed by atoms with van der Waals surface area (Å²) >= 11 is 0. The van der Waals surface area contributed by atoms with Crippen LogP contribution in [0.3, 0.4) is 0 Å². The first kappa shape index (κ1) is 20.5. The van der Waals surface area contributed by atoms with Crippen LogP contribution in [0, 0.1) is 0 Å². The number of nitrogens with zero attached hydrogens (tertiary/aromatic N) is 1. The summed E-state index contributed by atoms with van der Waals surface area (Å²) < 4.78 is 11.1. The highest BCUT2D eigenvalue weighted by Crippen LogP contribution is 2.13. The van der Waals surface area contributed by atoms with E-state index in [0.717, 1.165) is 25.3 Å². The van der Waals surface area contributed by atoms with Crippen LogP contribution in [0.15, 0.2) is 24.3 Å². The van der Waals surface area contributed by atoms with Gasteiger partial charge in [0.2, 0.25) is 0 Å². The Bertz CT molecular complexity index is 498. The third kappa shape index (κ3) is 9.53. The minimum Gasteiger partial charge on any atom is -0.494 e. The standard InChI is InChI=1S/C19H32N2O3/c1-19(2,3)24-18(22)10-12-21(5)11-7-13-23-17-9-6-8-16(14-17)15-20-4/h6,8-9,14,20H,7,10-13,15H2,1-5H3. The first-order valence-electron chi connectivity index (χ1n) is 8.57. The molecular weight excluding hydrogens is 304 g/mol. The maximum atomic E-state index is 11.7. The first-order chi connectivity index (χ1) is 11.3. The van der Waals surface area contributed by atoms with Crippen LogP contribution < -0.4 is 10.1 Å². The highest BCUT2D eigenvalue weighted by Gasteiger charge is 2.16. The molecule has 0 atom stereocenters. The van der Waals surface area contributed by atoms with Gasteiger partial charge in [0.1, 0.15) is 11.4 Å². The molecule has 0 radical (unpaired) electrons. The maximum Gasteiger partial charge on any atom is 0.307 e. The van der Waals surface area contributed by atoms with Gasteiger partial charge in [0, 0.05) is 19.6 Å². The normalized spacial score (nSPS) is 11.6. The van der Waals surface area contributed by atoms with Gasteiger partial charge >= 0.3 is 5.97 Å². The van der Waals surface area contributed by atoms with Crippen molar-refractivity contribution in [2.75, 3.05) is 33.8 Å². The predicted octanol–water partition coefficient (Wildman–Crippen LogP) is 2.84. The van der Waals surface area contributed by atoms with Gasteiger partial charge in [-0.2, -0.15) is 0 Å². The summed E-state index contributed by atoms with van der Waals surface area (Å²) in [6.45, 7) is 8.75. The molecule has 0 fully saturated rings. The molecule has 1 aromatic rings. The average molecular weight is 336 g/mol. The van der Waals surface area contributed by atoms with Gasteiger partial charge in [-0.05, 0) is 59.0 Å². The number of carbonyl (C=O) groups is 1. The molecule has 0 bridgehead atoms. The van der Waals surface area contributed by atoms with Gasteiger partial charge < -0.3 is 19.7 Å². The summed E-state index contributed by atoms with van der Waals surface area (Å²) in [5, 5.41) is 3.13. The second kappa shape index (κ2) is 10.3. The van der Waals surface area contributed by atoms with Crippen molar-refractivity contribution in [1.29, 1.82) is 0 Å². The van der Waals surface area contributed by atoms with Gasteiger partial charge in [0.25, 0.3) is 0 Å². The number of rotatable bonds is 10. The summed E-state index contributed by atoms with van der Waals surface area (Å²) in [5.74, 6) is 0.756. The molecule has 5 nitrogen and oxygen atoms in total. The lowest BCUT2D eigenvalue weighted by atomic mass is 10.2. The Hall–Kier alpha value is -1.59. The van der Waals surface area contributed by atoms with Crippen molar-refractivity contribution >= 4 is 5.97 Å². The Morgan fingerprint density at radius 3 is 2.67 bits per heavy atom. The molecule has 0 amide bonds. The smallest absolute Gasteiger partial charge is 0.307 e. The summed E-state index contributed by atoms with van der Waals surface area (Å²) in [5.41, 5.74) is 0.801. The van der Waals surface area contributed by atoms with Crippen molar-refractivity contribution < 1.29 is 14.3 Å². The largest absolute Gasteiger partial charge is 0.494 e. The van der Waals surface area contributed by atoms with E-state index in [1.807, 2.05) is 47.0 Å². The Morgan fingerprint density at radius 2 is 2.00 bits per heavy atom. The minimum absolute atomic E-state index is 0.146. The summed E-state index contributed by atoms with van der Waals surface area (Å²) in [6.07, 6.45) is 1.34. The molecule has 1 rings (SSSR count). The monoisotopic (exact) mass is 336 g/mol. The number of hydrogen-bond donors (Lipinski definition) is 1. The van der Waals surface area contributed by atoms with E-state index >= 15 is 0 Å². The molecule has 0 aromatic heterocycles. The number of esters is 1. The van der Waals surface area contributed by atoms with Gasteiger partial charge in [0.15, 0.2) is 0 Å². The lowest BCUT2D eigenvalue weighted by molar-refractivity contribution is -0.155. The zero-order chi connectivity index (χ0) is 18.0. The SMILES string of the molecule is CNCc1cccc(OCCCN(C)CCC(=O)OC(C)(C)C)c1. The maximum absolute atomic E-state index is 11.7. The van der Waals surface area contributed by atoms with E-state index < -0.39 is 5.60 Å². The van der Waals surface area contributed by atoms with Crippen LogP contribution in [0.4, 0.5) is 0 Å². The van der Waals surface area contributed by atoms with E-state index in [4.69, 9.17) is 9.47 Å². The molecule has 136 valence electrons. The predicted molar refractivity (Wildman–Crippen MR) is 97.3 cm³/mol. The fraction of sp³-hybridized carbons (Fsp3) is 0.632. The molecule has 5 heteroatoms. The van der Waals surface area contributed by atoms with Crippen molar-refractivity contribution in [3.05, 3.63) is 29.8 Å². The van der Waals surface area contributed by atoms with Crippen LogP contribution in [-0.4, -0.2) is 50.3 Å². The van der Waals surface area contributed by atoms with Gasteiger partial charge in [-0.15, -0.1) is 0 Å². The molecule has 1 N–H and O–H groups in total. The van der Waals surface area contributed by atoms with Crippen molar-refractivity contribution in [3.8, 4) is 5.75 Å². The molecule has 0 aliphatic carbocycles. The van der Waals surface area contributed by atoms with Crippen molar-refractivity contribution in [3.63, 3.8) is 0 Å². The number of nitrogens with one attached hydrogen (secondary N) is 1. The van der Waals surface area contributed by atoms with Gasteiger partial charge in [0.05, 0.1) is 13.0 Å². The van der Waals surface area contributed by atoms with Crippen molar-refractivity contribution in [1.82, 2.24) is 10.2 Å². The Labute approximate surface area is 146 Å². The number of benzene rings is 1. The molecule has 0 heterocycles. The first-order valence-corrected chi connectivity index (χ1v) is 8.57. The quantitative estimate of drug-likeness (QED) is 0.526. The zero-order valence-electron chi connectivity index (χ0n) is 15.7. The van der Waals surface area contributed by atoms with Crippen LogP contribution >= 0.6 is 0 Å². The van der Waals surface area contributed by atoms with Gasteiger partial charge in [-0.3, -0.25) is 4.79 Å². The highest BCUT2D eigenvalue weighted by atomic mass is 16.6. The second-order valence-electron chi connectivity index (χ2n) is 7.02. The molecule has 0 unspecified atom stereocenters. The third-order valence-electron chi connectivity index (χ3n) is 3.35. The summed E-state index contributed by atoms with van der Waals surface area (Å²) in [6, 6.07) is 8.12. The highest BCUT2D eigenvalue weighted by molar-refractivity contribution is 5.70. The number of hydrogen-bond acceptors (Lipinski definition) is 5. The van der Waals surface area contributed by atoms with E-state index in [1.54, 1.807) is 0 Å². The molecule has 0 saturated heterocycles. The molecule has 0 aliphatic heterocycles. The lowest BCUT2D eigenvalue weighted by Crippen LogP contribution is -2.28. The fourth-order valence-corrected chi connectivity index (χ4v) is 2.26. The summed E-state index contributed by atoms with van der Waals surface area (Å²) in [4.78, 5) is 13.8. The molecule has 24 heavy (non-hydrogen) atoms. The molecular formula is C19H32N2O3. The Kier molecular flexibility index (Phi) is 8.79. The van der Waals surface area contributed by atoms with E-state index in [0.29, 0.717) is 19.6 Å². The van der Waals surface area contributed by atoms with E-state index in [2.05, 4.69) is 22.3 Å². The Morgan fingerprint density at radius 1 is 1.25 bits per heavy atom. The number of ether oxygens (including phenoxy) is 2. The Balaban J connectivity index is 2.18. The molecule has 0 saturated carbocycles. The van der Waals surface area contributed by atoms with Crippen LogP contribution in [0.25, 0.3) is 0 Å². The molecule has 1 aromatic carbocycles. The van der Waals surface area contributed by atoms with Crippen LogP contribution in [-0.2, 0) is 16.1 Å². The summed E-state index contributed by atoms with van der Waals surface area (Å²) in [7, 11) is 3.94. The van der Waals surface area contributed by atoms with Crippen LogP contribution in [0.5, 0.6) is 5.75 Å². The van der Waals surface area contributed by atoms with Crippen LogP contribution in [0.2, 0.25) is 0 Å². The van der Waals surface area contributed by atoms with E-state index in [-0.39, 0.29) is 5.97 Å². The van der Waals surface area contributed by atoms with Gasteiger partial charge in [-0.25, -0.2) is 0 Å². The number of carbonyl (C=O) groups excluding carboxylic acids is 1. The lowest BCUT2D eigenvalue weighted by Gasteiger charge is -2.21. The zero-order valence-corrected chi connectivity index (χ0v) is 15.7. The minimum atomic E-state index is -0.411. The van der Waals surface area contributed by atoms with Crippen LogP contribution in [0.1, 0.15) is 39.2 Å². The van der Waals surface area contributed by atoms with E-state index in [1.165, 1.54) is 5.56 Å². The van der Waals surface area contributed by atoms with E-state index in [9.17, 15) is 4.79 Å². The molecule has 0 aliphatic rings. The fourth-order valence-electron chi connectivity index (χ4n) is 2.26. The van der Waals surface area contributed by atoms with Gasteiger partial charge in [-0.1, -0.05) is 12.1 Å². The third-order valence-corrected chi connectivity index (χ3v) is 3.35. The molecule has 0 spiro atoms. The second-order valence-corrected chi connectivity index (χ2v) is 7.02.